The fourth-order valence-corrected chi connectivity index (χ4v) is 4.18. The van der Waals surface area contributed by atoms with Gasteiger partial charge in [-0.15, -0.1) is 12.4 Å². The molecule has 33 heavy (non-hydrogen) atoms. The third-order valence-electron chi connectivity index (χ3n) is 6.02. The number of rotatable bonds is 5. The minimum absolute atomic E-state index is 0. The Bertz CT molecular complexity index is 1050. The molecule has 1 atom stereocenters. The van der Waals surface area contributed by atoms with Crippen molar-refractivity contribution in [2.24, 2.45) is 0 Å². The van der Waals surface area contributed by atoms with E-state index in [1.54, 1.807) is 5.06 Å². The summed E-state index contributed by atoms with van der Waals surface area (Å²) in [6, 6.07) is 18.0. The molecule has 0 amide bonds. The van der Waals surface area contributed by atoms with Gasteiger partial charge in [-0.25, -0.2) is 14.4 Å². The van der Waals surface area contributed by atoms with Crippen LogP contribution in [0, 0.1) is 5.82 Å². The van der Waals surface area contributed by atoms with Crippen LogP contribution < -0.4 is 15.3 Å². The number of hydrogen-bond acceptors (Lipinski definition) is 7. The molecule has 0 bridgehead atoms. The molecule has 0 radical (unpaired) electrons. The molecule has 3 aromatic rings. The van der Waals surface area contributed by atoms with Crippen LogP contribution in [-0.4, -0.2) is 54.7 Å². The first-order valence-corrected chi connectivity index (χ1v) is 11.0. The molecule has 2 saturated heterocycles. The minimum atomic E-state index is -0.510. The first-order chi connectivity index (χ1) is 15.7. The molecule has 1 aromatic heterocycles. The summed E-state index contributed by atoms with van der Waals surface area (Å²) in [6.07, 6.45) is 1.96. The van der Waals surface area contributed by atoms with E-state index < -0.39 is 5.82 Å². The van der Waals surface area contributed by atoms with Crippen LogP contribution in [0.5, 0.6) is 0 Å². The Hall–Kier alpha value is -2.94. The van der Waals surface area contributed by atoms with Crippen molar-refractivity contribution in [3.8, 4) is 0 Å². The lowest BCUT2D eigenvalue weighted by atomic mass is 10.0. The van der Waals surface area contributed by atoms with Crippen LogP contribution in [0.3, 0.4) is 0 Å². The fourth-order valence-electron chi connectivity index (χ4n) is 4.18. The van der Waals surface area contributed by atoms with Crippen LogP contribution in [0.4, 0.5) is 27.5 Å². The summed E-state index contributed by atoms with van der Waals surface area (Å²) in [7, 11) is 2.15. The Morgan fingerprint density at radius 3 is 2.45 bits per heavy atom. The molecule has 2 aliphatic rings. The van der Waals surface area contributed by atoms with Crippen LogP contribution in [0.2, 0.25) is 0 Å². The average molecular weight is 471 g/mol. The summed E-state index contributed by atoms with van der Waals surface area (Å²) < 4.78 is 14.7. The van der Waals surface area contributed by atoms with E-state index in [1.165, 1.54) is 11.9 Å². The standard InChI is InChI=1S/C24H27FN6O.ClH/c1-29-12-14-30(15-13-29)20-9-7-19(8-10-20)27-24-26-17-21(25)23(28-24)31-22(11-16-32-31)18-5-3-2-4-6-18;/h2-10,17,22H,11-16H2,1H3,(H,26,27,28);1H. The van der Waals surface area contributed by atoms with Crippen molar-refractivity contribution >= 4 is 35.5 Å². The molecule has 0 aliphatic carbocycles. The molecular formula is C24H28ClFN6O. The highest BCUT2D eigenvalue weighted by molar-refractivity contribution is 5.85. The number of anilines is 4. The number of nitrogens with one attached hydrogen (secondary N) is 1. The van der Waals surface area contributed by atoms with Gasteiger partial charge in [0.05, 0.1) is 18.8 Å². The SMILES string of the molecule is CN1CCN(c2ccc(Nc3ncc(F)c(N4OCCC4c4ccccc4)n3)cc2)CC1.Cl. The van der Waals surface area contributed by atoms with Crippen molar-refractivity contribution in [3.05, 3.63) is 72.2 Å². The van der Waals surface area contributed by atoms with Gasteiger partial charge in [-0.05, 0) is 36.9 Å². The van der Waals surface area contributed by atoms with Crippen LogP contribution in [0.1, 0.15) is 18.0 Å². The Morgan fingerprint density at radius 1 is 1.00 bits per heavy atom. The van der Waals surface area contributed by atoms with Crippen molar-refractivity contribution < 1.29 is 9.23 Å². The first kappa shape index (κ1) is 23.2. The highest BCUT2D eigenvalue weighted by Crippen LogP contribution is 2.35. The quantitative estimate of drug-likeness (QED) is 0.592. The molecule has 9 heteroatoms. The second-order valence-corrected chi connectivity index (χ2v) is 8.20. The predicted molar refractivity (Wildman–Crippen MR) is 131 cm³/mol. The minimum Gasteiger partial charge on any atom is -0.369 e. The van der Waals surface area contributed by atoms with Crippen LogP contribution >= 0.6 is 12.4 Å². The lowest BCUT2D eigenvalue weighted by Gasteiger charge is -2.34. The first-order valence-electron chi connectivity index (χ1n) is 11.0. The zero-order valence-corrected chi connectivity index (χ0v) is 19.3. The van der Waals surface area contributed by atoms with E-state index >= 15 is 0 Å². The molecular weight excluding hydrogens is 443 g/mol. The van der Waals surface area contributed by atoms with Crippen LogP contribution in [-0.2, 0) is 4.84 Å². The number of aromatic nitrogens is 2. The average Bonchev–Trinajstić information content (AvgIpc) is 3.32. The maximum absolute atomic E-state index is 14.7. The Kier molecular flexibility index (Phi) is 7.27. The van der Waals surface area contributed by atoms with Gasteiger partial charge in [0.2, 0.25) is 5.95 Å². The Morgan fingerprint density at radius 2 is 1.73 bits per heavy atom. The molecule has 0 saturated carbocycles. The van der Waals surface area contributed by atoms with E-state index in [4.69, 9.17) is 4.84 Å². The van der Waals surface area contributed by atoms with E-state index in [1.807, 2.05) is 42.5 Å². The van der Waals surface area contributed by atoms with E-state index in [-0.39, 0.29) is 24.3 Å². The van der Waals surface area contributed by atoms with Gasteiger partial charge < -0.3 is 15.1 Å². The molecule has 1 unspecified atom stereocenters. The van der Waals surface area contributed by atoms with Crippen LogP contribution in [0.15, 0.2) is 60.8 Å². The number of likely N-dealkylation sites (N-methyl/N-ethyl adjacent to an activating group) is 1. The smallest absolute Gasteiger partial charge is 0.229 e. The zero-order valence-electron chi connectivity index (χ0n) is 18.5. The summed E-state index contributed by atoms with van der Waals surface area (Å²) in [5, 5.41) is 4.75. The second kappa shape index (κ2) is 10.3. The van der Waals surface area contributed by atoms with E-state index in [2.05, 4.69) is 44.3 Å². The Balaban J connectivity index is 0.00000259. The van der Waals surface area contributed by atoms with E-state index in [0.717, 1.165) is 43.9 Å². The van der Waals surface area contributed by atoms with Gasteiger partial charge in [0.1, 0.15) is 0 Å². The number of benzene rings is 2. The van der Waals surface area contributed by atoms with Gasteiger partial charge in [-0.2, -0.15) is 4.98 Å². The van der Waals surface area contributed by atoms with Gasteiger partial charge in [-0.1, -0.05) is 30.3 Å². The van der Waals surface area contributed by atoms with Crippen molar-refractivity contribution in [2.75, 3.05) is 55.1 Å². The topological polar surface area (TPSA) is 56.8 Å². The van der Waals surface area contributed by atoms with Gasteiger partial charge in [0.15, 0.2) is 11.6 Å². The fraction of sp³-hybridized carbons (Fsp3) is 0.333. The maximum atomic E-state index is 14.7. The molecule has 0 spiro atoms. The van der Waals surface area contributed by atoms with E-state index in [9.17, 15) is 4.39 Å². The molecule has 3 heterocycles. The second-order valence-electron chi connectivity index (χ2n) is 8.20. The Labute approximate surface area is 199 Å². The molecule has 7 nitrogen and oxygen atoms in total. The zero-order chi connectivity index (χ0) is 21.9. The van der Waals surface area contributed by atoms with Gasteiger partial charge in [-0.3, -0.25) is 4.84 Å². The maximum Gasteiger partial charge on any atom is 0.229 e. The summed E-state index contributed by atoms with van der Waals surface area (Å²) in [6.45, 7) is 4.68. The lowest BCUT2D eigenvalue weighted by molar-refractivity contribution is 0.154. The third-order valence-corrected chi connectivity index (χ3v) is 6.02. The number of piperazine rings is 1. The molecule has 2 aromatic carbocycles. The molecule has 5 rings (SSSR count). The van der Waals surface area contributed by atoms with Gasteiger partial charge in [0.25, 0.3) is 0 Å². The van der Waals surface area contributed by atoms with Crippen molar-refractivity contribution in [3.63, 3.8) is 0 Å². The largest absolute Gasteiger partial charge is 0.369 e. The lowest BCUT2D eigenvalue weighted by Crippen LogP contribution is -2.44. The van der Waals surface area contributed by atoms with Gasteiger partial charge in [0, 0.05) is 44.0 Å². The molecule has 2 fully saturated rings. The summed E-state index contributed by atoms with van der Waals surface area (Å²) >= 11 is 0. The van der Waals surface area contributed by atoms with Crippen LogP contribution in [0.25, 0.3) is 0 Å². The monoisotopic (exact) mass is 470 g/mol. The molecule has 2 aliphatic heterocycles. The van der Waals surface area contributed by atoms with Crippen molar-refractivity contribution in [1.82, 2.24) is 14.9 Å². The summed E-state index contributed by atoms with van der Waals surface area (Å²) in [5.41, 5.74) is 3.11. The van der Waals surface area contributed by atoms with Gasteiger partial charge >= 0.3 is 0 Å². The third kappa shape index (κ3) is 5.19. The highest BCUT2D eigenvalue weighted by atomic mass is 35.5. The summed E-state index contributed by atoms with van der Waals surface area (Å²) in [4.78, 5) is 19.0. The highest BCUT2D eigenvalue weighted by Gasteiger charge is 2.31. The number of nitrogens with zero attached hydrogens (tertiary/aromatic N) is 5. The normalized spacial score (nSPS) is 18.8. The number of hydroxylamine groups is 1. The molecule has 174 valence electrons. The number of hydrogen-bond donors (Lipinski definition) is 1. The summed E-state index contributed by atoms with van der Waals surface area (Å²) in [5.74, 6) is -0.0391. The predicted octanol–water partition coefficient (Wildman–Crippen LogP) is 4.42. The number of halogens is 2. The van der Waals surface area contributed by atoms with E-state index in [0.29, 0.717) is 12.6 Å². The van der Waals surface area contributed by atoms with Crippen molar-refractivity contribution in [1.29, 1.82) is 0 Å². The molecule has 1 N–H and O–H groups in total. The van der Waals surface area contributed by atoms with Crippen molar-refractivity contribution in [2.45, 2.75) is 12.5 Å².